The topological polar surface area (TPSA) is 20.3 Å². The number of allylic oxidation sites excluding steroid dienone is 1. The van der Waals surface area contributed by atoms with Crippen LogP contribution in [0.15, 0.2) is 12.2 Å². The number of rotatable bonds is 2. The molecule has 0 aromatic carbocycles. The summed E-state index contributed by atoms with van der Waals surface area (Å²) < 4.78 is 0. The van der Waals surface area contributed by atoms with Gasteiger partial charge < -0.3 is 4.90 Å². The molecular formula is C16H27NOS. The Bertz CT molecular complexity index is 345. The van der Waals surface area contributed by atoms with E-state index in [4.69, 9.17) is 0 Å². The molecule has 1 saturated heterocycles. The van der Waals surface area contributed by atoms with Crippen molar-refractivity contribution >= 4 is 17.7 Å². The van der Waals surface area contributed by atoms with Gasteiger partial charge in [-0.05, 0) is 29.7 Å². The molecule has 108 valence electrons. The predicted octanol–water partition coefficient (Wildman–Crippen LogP) is 3.58. The molecule has 0 aromatic rings. The Hall–Kier alpha value is -0.440. The Morgan fingerprint density at radius 2 is 2.00 bits per heavy atom. The first-order chi connectivity index (χ1) is 9.00. The fourth-order valence-electron chi connectivity index (χ4n) is 3.52. The normalized spacial score (nSPS) is 31.6. The molecule has 1 aliphatic heterocycles. The molecule has 1 amide bonds. The number of carbonyl (C=O) groups excluding carboxylic acids is 1. The van der Waals surface area contributed by atoms with E-state index in [1.165, 1.54) is 19.3 Å². The fraction of sp³-hybridized carbons (Fsp3) is 0.812. The number of hydrogen-bond acceptors (Lipinski definition) is 2. The van der Waals surface area contributed by atoms with Gasteiger partial charge in [-0.25, -0.2) is 0 Å². The summed E-state index contributed by atoms with van der Waals surface area (Å²) in [6, 6.07) is 0. The van der Waals surface area contributed by atoms with E-state index in [1.807, 2.05) is 22.7 Å². The van der Waals surface area contributed by atoms with Crippen LogP contribution >= 0.6 is 11.8 Å². The van der Waals surface area contributed by atoms with Crippen LogP contribution in [0.5, 0.6) is 0 Å². The lowest BCUT2D eigenvalue weighted by Crippen LogP contribution is -2.37. The molecule has 19 heavy (non-hydrogen) atoms. The zero-order chi connectivity index (χ0) is 13.9. The van der Waals surface area contributed by atoms with Gasteiger partial charge >= 0.3 is 0 Å². The second kappa shape index (κ2) is 6.34. The van der Waals surface area contributed by atoms with E-state index < -0.39 is 0 Å². The summed E-state index contributed by atoms with van der Waals surface area (Å²) in [5.41, 5.74) is 0.339. The van der Waals surface area contributed by atoms with Crippen molar-refractivity contribution in [2.45, 2.75) is 40.0 Å². The van der Waals surface area contributed by atoms with Gasteiger partial charge in [0.2, 0.25) is 5.91 Å². The minimum Gasteiger partial charge on any atom is -0.338 e. The molecule has 2 atom stereocenters. The number of nitrogens with zero attached hydrogens (tertiary/aromatic N) is 1. The second-order valence-electron chi connectivity index (χ2n) is 6.68. The Labute approximate surface area is 122 Å². The van der Waals surface area contributed by atoms with Gasteiger partial charge in [-0.2, -0.15) is 11.8 Å². The summed E-state index contributed by atoms with van der Waals surface area (Å²) in [6.45, 7) is 8.85. The molecule has 0 spiro atoms. The quantitative estimate of drug-likeness (QED) is 0.721. The Balaban J connectivity index is 1.97. The maximum atomic E-state index is 12.2. The highest BCUT2D eigenvalue weighted by Gasteiger charge is 2.35. The van der Waals surface area contributed by atoms with Crippen LogP contribution in [-0.4, -0.2) is 35.4 Å². The average molecular weight is 281 g/mol. The SMILES string of the molecule is C[C@@H]1CCCC(C)(C)[C@H]1C=CC(=O)N1CCSCC1. The van der Waals surface area contributed by atoms with Gasteiger partial charge in [-0.15, -0.1) is 0 Å². The lowest BCUT2D eigenvalue weighted by Gasteiger charge is -2.41. The summed E-state index contributed by atoms with van der Waals surface area (Å²) in [5, 5.41) is 0. The number of hydrogen-bond donors (Lipinski definition) is 0. The molecule has 2 rings (SSSR count). The van der Waals surface area contributed by atoms with Crippen LogP contribution in [0.3, 0.4) is 0 Å². The van der Waals surface area contributed by atoms with Crippen molar-refractivity contribution in [1.29, 1.82) is 0 Å². The summed E-state index contributed by atoms with van der Waals surface area (Å²) in [7, 11) is 0. The van der Waals surface area contributed by atoms with Crippen molar-refractivity contribution in [3.05, 3.63) is 12.2 Å². The van der Waals surface area contributed by atoms with Crippen LogP contribution < -0.4 is 0 Å². The molecule has 1 heterocycles. The Morgan fingerprint density at radius 3 is 2.63 bits per heavy atom. The largest absolute Gasteiger partial charge is 0.338 e. The van der Waals surface area contributed by atoms with Gasteiger partial charge in [-0.1, -0.05) is 39.7 Å². The van der Waals surface area contributed by atoms with Crippen molar-refractivity contribution in [2.75, 3.05) is 24.6 Å². The molecular weight excluding hydrogens is 254 g/mol. The van der Waals surface area contributed by atoms with Gasteiger partial charge in [0.1, 0.15) is 0 Å². The molecule has 3 heteroatoms. The molecule has 0 radical (unpaired) electrons. The average Bonchev–Trinajstić information content (AvgIpc) is 2.38. The van der Waals surface area contributed by atoms with Crippen LogP contribution in [0.2, 0.25) is 0 Å². The molecule has 1 aliphatic carbocycles. The highest BCUT2D eigenvalue weighted by Crippen LogP contribution is 2.44. The molecule has 0 N–H and O–H groups in total. The summed E-state index contributed by atoms with van der Waals surface area (Å²) in [4.78, 5) is 14.2. The van der Waals surface area contributed by atoms with E-state index >= 15 is 0 Å². The van der Waals surface area contributed by atoms with E-state index in [1.54, 1.807) is 0 Å². The second-order valence-corrected chi connectivity index (χ2v) is 7.91. The molecule has 0 aromatic heterocycles. The number of carbonyl (C=O) groups is 1. The maximum Gasteiger partial charge on any atom is 0.246 e. The van der Waals surface area contributed by atoms with Crippen molar-refractivity contribution in [3.8, 4) is 0 Å². The summed E-state index contributed by atoms with van der Waals surface area (Å²) in [6.07, 6.45) is 7.96. The van der Waals surface area contributed by atoms with Crippen molar-refractivity contribution in [2.24, 2.45) is 17.3 Å². The Kier molecular flexibility index (Phi) is 4.99. The Morgan fingerprint density at radius 1 is 1.32 bits per heavy atom. The van der Waals surface area contributed by atoms with Crippen LogP contribution in [0.1, 0.15) is 40.0 Å². The standard InChI is InChI=1S/C16H27NOS/c1-13-5-4-8-16(2,3)14(13)6-7-15(18)17-9-11-19-12-10-17/h6-7,13-14H,4-5,8-12H2,1-3H3/t13-,14+/m1/s1. The third kappa shape index (κ3) is 3.77. The lowest BCUT2D eigenvalue weighted by atomic mass is 9.64. The number of thioether (sulfide) groups is 1. The zero-order valence-corrected chi connectivity index (χ0v) is 13.3. The van der Waals surface area contributed by atoms with Crippen LogP contribution in [0, 0.1) is 17.3 Å². The van der Waals surface area contributed by atoms with E-state index in [0.717, 1.165) is 24.6 Å². The third-order valence-corrected chi connectivity index (χ3v) is 5.71. The van der Waals surface area contributed by atoms with Gasteiger partial charge in [0.25, 0.3) is 0 Å². The monoisotopic (exact) mass is 281 g/mol. The van der Waals surface area contributed by atoms with Crippen molar-refractivity contribution in [3.63, 3.8) is 0 Å². The van der Waals surface area contributed by atoms with E-state index in [0.29, 0.717) is 17.3 Å². The molecule has 1 saturated carbocycles. The first-order valence-corrected chi connectivity index (χ1v) is 8.71. The third-order valence-electron chi connectivity index (χ3n) is 4.76. The number of amides is 1. The van der Waals surface area contributed by atoms with Gasteiger partial charge in [0, 0.05) is 24.6 Å². The lowest BCUT2D eigenvalue weighted by molar-refractivity contribution is -0.125. The molecule has 0 unspecified atom stereocenters. The zero-order valence-electron chi connectivity index (χ0n) is 12.5. The summed E-state index contributed by atoms with van der Waals surface area (Å²) >= 11 is 1.94. The fourth-order valence-corrected chi connectivity index (χ4v) is 4.42. The van der Waals surface area contributed by atoms with Crippen molar-refractivity contribution in [1.82, 2.24) is 4.90 Å². The molecule has 2 aliphatic rings. The van der Waals surface area contributed by atoms with E-state index in [9.17, 15) is 4.79 Å². The van der Waals surface area contributed by atoms with Crippen LogP contribution in [0.25, 0.3) is 0 Å². The van der Waals surface area contributed by atoms with Crippen molar-refractivity contribution < 1.29 is 4.79 Å². The van der Waals surface area contributed by atoms with Gasteiger partial charge in [0.05, 0.1) is 0 Å². The molecule has 0 bridgehead atoms. The molecule has 2 nitrogen and oxygen atoms in total. The van der Waals surface area contributed by atoms with Gasteiger partial charge in [0.15, 0.2) is 0 Å². The minimum atomic E-state index is 0.217. The van der Waals surface area contributed by atoms with E-state index in [-0.39, 0.29) is 5.91 Å². The van der Waals surface area contributed by atoms with Gasteiger partial charge in [-0.3, -0.25) is 4.79 Å². The highest BCUT2D eigenvalue weighted by atomic mass is 32.2. The maximum absolute atomic E-state index is 12.2. The summed E-state index contributed by atoms with van der Waals surface area (Å²) in [5.74, 6) is 3.64. The first kappa shape index (κ1) is 15.0. The minimum absolute atomic E-state index is 0.217. The first-order valence-electron chi connectivity index (χ1n) is 7.55. The smallest absolute Gasteiger partial charge is 0.246 e. The molecule has 2 fully saturated rings. The van der Waals surface area contributed by atoms with Crippen LogP contribution in [-0.2, 0) is 4.79 Å². The van der Waals surface area contributed by atoms with E-state index in [2.05, 4.69) is 26.8 Å². The highest BCUT2D eigenvalue weighted by molar-refractivity contribution is 7.99. The predicted molar refractivity (Wildman–Crippen MR) is 83.3 cm³/mol. The van der Waals surface area contributed by atoms with Crippen LogP contribution in [0.4, 0.5) is 0 Å².